The van der Waals surface area contributed by atoms with Crippen LogP contribution in [0.15, 0.2) is 27.8 Å². The molecule has 0 spiro atoms. The highest BCUT2D eigenvalue weighted by Gasteiger charge is 2.15. The van der Waals surface area contributed by atoms with Gasteiger partial charge in [-0.1, -0.05) is 6.07 Å². The lowest BCUT2D eigenvalue weighted by molar-refractivity contribution is -0.117. The van der Waals surface area contributed by atoms with E-state index in [-0.39, 0.29) is 22.4 Å². The second-order valence-electron chi connectivity index (χ2n) is 4.51. The van der Waals surface area contributed by atoms with Gasteiger partial charge in [0.1, 0.15) is 0 Å². The average molecular weight is 308 g/mol. The van der Waals surface area contributed by atoms with Crippen LogP contribution >= 0.6 is 11.8 Å². The first kappa shape index (κ1) is 15.3. The Morgan fingerprint density at radius 2 is 2.05 bits per heavy atom. The predicted molar refractivity (Wildman–Crippen MR) is 84.8 cm³/mol. The Morgan fingerprint density at radius 1 is 1.33 bits per heavy atom. The molecule has 0 aliphatic heterocycles. The summed E-state index contributed by atoms with van der Waals surface area (Å²) in [7, 11) is 0. The smallest absolute Gasteiger partial charge is 0.272 e. The number of anilines is 1. The second kappa shape index (κ2) is 6.59. The number of rotatable bonds is 5. The first-order valence-corrected chi connectivity index (χ1v) is 7.73. The number of aromatic nitrogens is 2. The first-order chi connectivity index (χ1) is 10.0. The summed E-state index contributed by atoms with van der Waals surface area (Å²) in [5.74, 6) is 0.390. The van der Waals surface area contributed by atoms with Crippen molar-refractivity contribution in [2.24, 2.45) is 5.73 Å². The summed E-state index contributed by atoms with van der Waals surface area (Å²) in [6.45, 7) is 0. The van der Waals surface area contributed by atoms with E-state index in [0.717, 1.165) is 5.75 Å². The Labute approximate surface area is 124 Å². The number of carbonyl (C=O) groups excluding carboxylic acids is 1. The number of benzene rings is 1. The molecule has 7 nitrogen and oxygen atoms in total. The Bertz CT molecular complexity index is 768. The molecule has 1 aromatic carbocycles. The van der Waals surface area contributed by atoms with Crippen molar-refractivity contribution in [2.75, 3.05) is 17.3 Å². The second-order valence-corrected chi connectivity index (χ2v) is 5.50. The molecule has 0 saturated carbocycles. The summed E-state index contributed by atoms with van der Waals surface area (Å²) in [6, 6.07) is 4.02. The maximum atomic E-state index is 12.0. The molecule has 1 heterocycles. The minimum absolute atomic E-state index is 0.145. The van der Waals surface area contributed by atoms with Crippen molar-refractivity contribution in [1.82, 2.24) is 10.2 Å². The standard InChI is InChI=1S/C13H16N4O3S/c1-21-6-5-8(14)12(19)15-9-4-2-3-7-10(9)13(20)17-16-11(7)18/h2-4,8H,5-6,14H2,1H3,(H,15,19)(H,16,18)(H,17,20)/t8-/m0/s1. The molecule has 21 heavy (non-hydrogen) atoms. The molecule has 0 unspecified atom stereocenters. The molecule has 0 aliphatic carbocycles. The zero-order valence-corrected chi connectivity index (χ0v) is 12.3. The Balaban J connectivity index is 2.35. The van der Waals surface area contributed by atoms with Crippen molar-refractivity contribution >= 4 is 34.1 Å². The summed E-state index contributed by atoms with van der Waals surface area (Å²) in [5.41, 5.74) is 5.17. The number of hydrogen-bond acceptors (Lipinski definition) is 5. The zero-order valence-electron chi connectivity index (χ0n) is 11.4. The van der Waals surface area contributed by atoms with Crippen LogP contribution in [0.1, 0.15) is 6.42 Å². The molecule has 0 bridgehead atoms. The van der Waals surface area contributed by atoms with Crippen molar-refractivity contribution in [1.29, 1.82) is 0 Å². The van der Waals surface area contributed by atoms with E-state index in [9.17, 15) is 14.4 Å². The van der Waals surface area contributed by atoms with Crippen LogP contribution in [0.3, 0.4) is 0 Å². The molecule has 0 aliphatic rings. The van der Waals surface area contributed by atoms with Gasteiger partial charge in [0.15, 0.2) is 0 Å². The predicted octanol–water partition coefficient (Wildman–Crippen LogP) is 0.235. The van der Waals surface area contributed by atoms with Gasteiger partial charge in [0.05, 0.1) is 22.5 Å². The molecule has 112 valence electrons. The number of aromatic amines is 2. The van der Waals surface area contributed by atoms with Crippen molar-refractivity contribution in [3.8, 4) is 0 Å². The maximum absolute atomic E-state index is 12.0. The van der Waals surface area contributed by atoms with Crippen LogP contribution in [-0.2, 0) is 4.79 Å². The van der Waals surface area contributed by atoms with Crippen molar-refractivity contribution < 1.29 is 4.79 Å². The lowest BCUT2D eigenvalue weighted by Gasteiger charge is -2.12. The van der Waals surface area contributed by atoms with Gasteiger partial charge in [-0.25, -0.2) is 0 Å². The van der Waals surface area contributed by atoms with Gasteiger partial charge >= 0.3 is 0 Å². The molecule has 0 saturated heterocycles. The lowest BCUT2D eigenvalue weighted by atomic mass is 10.1. The number of H-pyrrole nitrogens is 2. The van der Waals surface area contributed by atoms with Crippen LogP contribution in [-0.4, -0.2) is 34.2 Å². The van der Waals surface area contributed by atoms with E-state index in [0.29, 0.717) is 6.42 Å². The summed E-state index contributed by atoms with van der Waals surface area (Å²) < 4.78 is 0. The SMILES string of the molecule is CSCC[C@H](N)C(=O)Nc1cccc2c(=O)[nH][nH]c(=O)c12. The summed E-state index contributed by atoms with van der Waals surface area (Å²) in [5, 5.41) is 7.46. The third-order valence-electron chi connectivity index (χ3n) is 3.05. The fraction of sp³-hybridized carbons (Fsp3) is 0.308. The van der Waals surface area contributed by atoms with E-state index >= 15 is 0 Å². The van der Waals surface area contributed by atoms with Crippen LogP contribution in [0.2, 0.25) is 0 Å². The van der Waals surface area contributed by atoms with Crippen molar-refractivity contribution in [2.45, 2.75) is 12.5 Å². The van der Waals surface area contributed by atoms with Gasteiger partial charge in [-0.15, -0.1) is 0 Å². The molecule has 0 radical (unpaired) electrons. The number of carbonyl (C=O) groups is 1. The fourth-order valence-corrected chi connectivity index (χ4v) is 2.42. The minimum Gasteiger partial charge on any atom is -0.324 e. The molecule has 1 amide bonds. The minimum atomic E-state index is -0.659. The third kappa shape index (κ3) is 3.34. The summed E-state index contributed by atoms with van der Waals surface area (Å²) >= 11 is 1.60. The van der Waals surface area contributed by atoms with Gasteiger partial charge < -0.3 is 11.1 Å². The van der Waals surface area contributed by atoms with E-state index in [1.165, 1.54) is 6.07 Å². The van der Waals surface area contributed by atoms with Crippen LogP contribution < -0.4 is 22.2 Å². The van der Waals surface area contributed by atoms with E-state index in [4.69, 9.17) is 5.73 Å². The van der Waals surface area contributed by atoms with Crippen LogP contribution in [0.5, 0.6) is 0 Å². The first-order valence-electron chi connectivity index (χ1n) is 6.33. The molecule has 5 N–H and O–H groups in total. The Kier molecular flexibility index (Phi) is 4.81. The van der Waals surface area contributed by atoms with Crippen LogP contribution in [0.4, 0.5) is 5.69 Å². The number of nitrogens with one attached hydrogen (secondary N) is 3. The number of amides is 1. The Hall–Kier alpha value is -2.06. The van der Waals surface area contributed by atoms with Crippen molar-refractivity contribution in [3.05, 3.63) is 38.9 Å². The van der Waals surface area contributed by atoms with E-state index in [1.54, 1.807) is 23.9 Å². The molecular weight excluding hydrogens is 292 g/mol. The van der Waals surface area contributed by atoms with Crippen LogP contribution in [0.25, 0.3) is 10.8 Å². The Morgan fingerprint density at radius 3 is 2.76 bits per heavy atom. The highest BCUT2D eigenvalue weighted by molar-refractivity contribution is 7.98. The van der Waals surface area contributed by atoms with Gasteiger partial charge in [0.25, 0.3) is 11.1 Å². The van der Waals surface area contributed by atoms with Gasteiger partial charge in [-0.05, 0) is 30.6 Å². The quantitative estimate of drug-likeness (QED) is 0.630. The highest BCUT2D eigenvalue weighted by Crippen LogP contribution is 2.17. The number of fused-ring (bicyclic) bond motifs is 1. The number of hydrogen-bond donors (Lipinski definition) is 4. The number of nitrogens with two attached hydrogens (primary N) is 1. The van der Waals surface area contributed by atoms with Gasteiger partial charge in [-0.2, -0.15) is 11.8 Å². The zero-order chi connectivity index (χ0) is 15.4. The third-order valence-corrected chi connectivity index (χ3v) is 3.70. The summed E-state index contributed by atoms with van der Waals surface area (Å²) in [6.07, 6.45) is 2.47. The molecule has 1 atom stereocenters. The summed E-state index contributed by atoms with van der Waals surface area (Å²) in [4.78, 5) is 35.6. The molecular formula is C13H16N4O3S. The average Bonchev–Trinajstić information content (AvgIpc) is 2.48. The largest absolute Gasteiger partial charge is 0.324 e. The molecule has 8 heteroatoms. The van der Waals surface area contributed by atoms with Crippen molar-refractivity contribution in [3.63, 3.8) is 0 Å². The highest BCUT2D eigenvalue weighted by atomic mass is 32.2. The number of thioether (sulfide) groups is 1. The molecule has 2 rings (SSSR count). The van der Waals surface area contributed by atoms with Crippen LogP contribution in [0, 0.1) is 0 Å². The normalized spacial score (nSPS) is 12.3. The lowest BCUT2D eigenvalue weighted by Crippen LogP contribution is -2.36. The van der Waals surface area contributed by atoms with Gasteiger partial charge in [0, 0.05) is 0 Å². The van der Waals surface area contributed by atoms with E-state index < -0.39 is 17.2 Å². The molecule has 2 aromatic rings. The van der Waals surface area contributed by atoms with Gasteiger partial charge in [0.2, 0.25) is 5.91 Å². The maximum Gasteiger partial charge on any atom is 0.272 e. The van der Waals surface area contributed by atoms with E-state index in [1.807, 2.05) is 6.26 Å². The topological polar surface area (TPSA) is 121 Å². The molecule has 0 fully saturated rings. The van der Waals surface area contributed by atoms with E-state index in [2.05, 4.69) is 15.5 Å². The monoisotopic (exact) mass is 308 g/mol. The fourth-order valence-electron chi connectivity index (χ4n) is 1.94. The van der Waals surface area contributed by atoms with Gasteiger partial charge in [-0.3, -0.25) is 24.6 Å². The molecule has 1 aromatic heterocycles.